The lowest BCUT2D eigenvalue weighted by Crippen LogP contribution is -2.49. The maximum absolute atomic E-state index is 11.9. The summed E-state index contributed by atoms with van der Waals surface area (Å²) in [4.78, 5) is 16.0. The number of nitrogens with zero attached hydrogens (tertiary/aromatic N) is 2. The average molecular weight is 329 g/mol. The lowest BCUT2D eigenvalue weighted by atomic mass is 10.1. The molecule has 0 aliphatic carbocycles. The van der Waals surface area contributed by atoms with Gasteiger partial charge in [0.15, 0.2) is 0 Å². The molecule has 122 valence electrons. The molecule has 22 heavy (non-hydrogen) atoms. The molecule has 0 radical (unpaired) electrons. The second-order valence-electron chi connectivity index (χ2n) is 4.88. The zero-order chi connectivity index (χ0) is 16.2. The lowest BCUT2D eigenvalue weighted by molar-refractivity contribution is 0.238. The molecule has 2 heterocycles. The molecular weight excluding hydrogens is 310 g/mol. The van der Waals surface area contributed by atoms with Crippen LogP contribution < -0.4 is 20.5 Å². The number of methoxy groups -OCH3 is 1. The standard InChI is InChI=1S/C12H19N5O4S/c1-21-11-4-2-3-10(15-11)16-12(18)14-9-5-7-17(8-6-9)22(13,19)20/h2-4,9H,5-8H2,1H3,(H2,13,19,20)(H2,14,15,16,18). The third-order valence-electron chi connectivity index (χ3n) is 3.32. The fourth-order valence-corrected chi connectivity index (χ4v) is 2.91. The molecule has 0 aromatic carbocycles. The van der Waals surface area contributed by atoms with Gasteiger partial charge >= 0.3 is 6.03 Å². The van der Waals surface area contributed by atoms with E-state index in [1.54, 1.807) is 18.2 Å². The van der Waals surface area contributed by atoms with Crippen LogP contribution in [0.25, 0.3) is 0 Å². The van der Waals surface area contributed by atoms with E-state index in [-0.39, 0.29) is 6.04 Å². The number of hydrogen-bond donors (Lipinski definition) is 3. The molecule has 1 aromatic rings. The Labute approximate surface area is 129 Å². The van der Waals surface area contributed by atoms with Gasteiger partial charge in [0.25, 0.3) is 10.2 Å². The number of pyridine rings is 1. The number of ether oxygens (including phenoxy) is 1. The van der Waals surface area contributed by atoms with E-state index in [2.05, 4.69) is 15.6 Å². The van der Waals surface area contributed by atoms with Crippen LogP contribution in [0.4, 0.5) is 10.6 Å². The van der Waals surface area contributed by atoms with E-state index in [1.165, 1.54) is 11.4 Å². The molecule has 2 amide bonds. The predicted molar refractivity (Wildman–Crippen MR) is 80.6 cm³/mol. The van der Waals surface area contributed by atoms with Crippen LogP contribution in [0.2, 0.25) is 0 Å². The molecule has 4 N–H and O–H groups in total. The van der Waals surface area contributed by atoms with E-state index in [9.17, 15) is 13.2 Å². The van der Waals surface area contributed by atoms with Gasteiger partial charge in [0.2, 0.25) is 5.88 Å². The second kappa shape index (κ2) is 6.90. The van der Waals surface area contributed by atoms with E-state index < -0.39 is 16.2 Å². The number of urea groups is 1. The number of nitrogens with one attached hydrogen (secondary N) is 2. The normalized spacial score (nSPS) is 17.0. The summed E-state index contributed by atoms with van der Waals surface area (Å²) in [5, 5.41) is 10.5. The van der Waals surface area contributed by atoms with E-state index in [4.69, 9.17) is 9.88 Å². The number of carbonyl (C=O) groups excluding carboxylic acids is 1. The molecule has 1 aliphatic rings. The summed E-state index contributed by atoms with van der Waals surface area (Å²) >= 11 is 0. The largest absolute Gasteiger partial charge is 0.481 e. The maximum Gasteiger partial charge on any atom is 0.320 e. The molecular formula is C12H19N5O4S. The SMILES string of the molecule is COc1cccc(NC(=O)NC2CCN(S(N)(=O)=O)CC2)n1. The first-order valence-corrected chi connectivity index (χ1v) is 8.25. The van der Waals surface area contributed by atoms with Gasteiger partial charge in [-0.2, -0.15) is 17.7 Å². The first kappa shape index (κ1) is 16.5. The number of aromatic nitrogens is 1. The number of hydrogen-bond acceptors (Lipinski definition) is 5. The third-order valence-corrected chi connectivity index (χ3v) is 4.41. The average Bonchev–Trinajstić information content (AvgIpc) is 2.47. The van der Waals surface area contributed by atoms with E-state index in [0.29, 0.717) is 37.6 Å². The minimum absolute atomic E-state index is 0.108. The number of amides is 2. The third kappa shape index (κ3) is 4.55. The zero-order valence-corrected chi connectivity index (χ0v) is 13.0. The quantitative estimate of drug-likeness (QED) is 0.710. The summed E-state index contributed by atoms with van der Waals surface area (Å²) < 4.78 is 28.6. The molecule has 1 aromatic heterocycles. The summed E-state index contributed by atoms with van der Waals surface area (Å²) in [7, 11) is -2.16. The van der Waals surface area contributed by atoms with Crippen LogP contribution in [-0.4, -0.2) is 50.0 Å². The molecule has 1 fully saturated rings. The predicted octanol–water partition coefficient (Wildman–Crippen LogP) is -0.120. The van der Waals surface area contributed by atoms with Gasteiger partial charge in [0, 0.05) is 25.2 Å². The molecule has 9 nitrogen and oxygen atoms in total. The Morgan fingerprint density at radius 3 is 2.68 bits per heavy atom. The van der Waals surface area contributed by atoms with Gasteiger partial charge in [-0.25, -0.2) is 9.93 Å². The van der Waals surface area contributed by atoms with Crippen molar-refractivity contribution in [2.75, 3.05) is 25.5 Å². The number of carbonyl (C=O) groups is 1. The van der Waals surface area contributed by atoms with Crippen LogP contribution in [0, 0.1) is 0 Å². The summed E-state index contributed by atoms with van der Waals surface area (Å²) in [6.45, 7) is 0.586. The van der Waals surface area contributed by atoms with Crippen molar-refractivity contribution in [3.8, 4) is 5.88 Å². The molecule has 1 aliphatic heterocycles. The first-order chi connectivity index (χ1) is 10.4. The van der Waals surface area contributed by atoms with Gasteiger partial charge in [-0.05, 0) is 18.9 Å². The highest BCUT2D eigenvalue weighted by Gasteiger charge is 2.26. The zero-order valence-electron chi connectivity index (χ0n) is 12.2. The van der Waals surface area contributed by atoms with Gasteiger partial charge in [0.05, 0.1) is 7.11 Å². The highest BCUT2D eigenvalue weighted by Crippen LogP contribution is 2.13. The summed E-state index contributed by atoms with van der Waals surface area (Å²) in [6, 6.07) is 4.53. The number of piperidine rings is 1. The Morgan fingerprint density at radius 1 is 1.41 bits per heavy atom. The van der Waals surface area contributed by atoms with Crippen LogP contribution in [0.15, 0.2) is 18.2 Å². The maximum atomic E-state index is 11.9. The van der Waals surface area contributed by atoms with Crippen molar-refractivity contribution < 1.29 is 17.9 Å². The van der Waals surface area contributed by atoms with Crippen molar-refractivity contribution in [3.63, 3.8) is 0 Å². The fourth-order valence-electron chi connectivity index (χ4n) is 2.19. The summed E-state index contributed by atoms with van der Waals surface area (Å²) in [5.74, 6) is 0.776. The van der Waals surface area contributed by atoms with Crippen LogP contribution in [-0.2, 0) is 10.2 Å². The van der Waals surface area contributed by atoms with Crippen molar-refractivity contribution >= 4 is 22.1 Å². The van der Waals surface area contributed by atoms with Gasteiger partial charge in [-0.1, -0.05) is 6.07 Å². The van der Waals surface area contributed by atoms with E-state index in [1.807, 2.05) is 0 Å². The van der Waals surface area contributed by atoms with Gasteiger partial charge in [-0.15, -0.1) is 0 Å². The Hall–Kier alpha value is -1.91. The van der Waals surface area contributed by atoms with Gasteiger partial charge in [-0.3, -0.25) is 5.32 Å². The molecule has 10 heteroatoms. The molecule has 0 unspecified atom stereocenters. The second-order valence-corrected chi connectivity index (χ2v) is 6.43. The van der Waals surface area contributed by atoms with Gasteiger partial charge < -0.3 is 10.1 Å². The van der Waals surface area contributed by atoms with Crippen LogP contribution in [0.5, 0.6) is 5.88 Å². The molecule has 0 atom stereocenters. The minimum atomic E-state index is -3.65. The molecule has 0 bridgehead atoms. The number of nitrogens with two attached hydrogens (primary N) is 1. The van der Waals surface area contributed by atoms with Crippen molar-refractivity contribution in [2.45, 2.75) is 18.9 Å². The van der Waals surface area contributed by atoms with Crippen molar-refractivity contribution in [1.82, 2.24) is 14.6 Å². The van der Waals surface area contributed by atoms with Gasteiger partial charge in [0.1, 0.15) is 5.82 Å². The molecule has 2 rings (SSSR count). The molecule has 0 saturated carbocycles. The van der Waals surface area contributed by atoms with Crippen molar-refractivity contribution in [2.24, 2.45) is 5.14 Å². The van der Waals surface area contributed by atoms with E-state index >= 15 is 0 Å². The Balaban J connectivity index is 1.83. The summed E-state index contributed by atoms with van der Waals surface area (Å²) in [5.41, 5.74) is 0. The monoisotopic (exact) mass is 329 g/mol. The smallest absolute Gasteiger partial charge is 0.320 e. The fraction of sp³-hybridized carbons (Fsp3) is 0.500. The molecule has 0 spiro atoms. The van der Waals surface area contributed by atoms with Crippen LogP contribution in [0.1, 0.15) is 12.8 Å². The molecule has 1 saturated heterocycles. The van der Waals surface area contributed by atoms with E-state index in [0.717, 1.165) is 0 Å². The Kier molecular flexibility index (Phi) is 5.16. The Bertz CT molecular complexity index is 628. The lowest BCUT2D eigenvalue weighted by Gasteiger charge is -2.30. The topological polar surface area (TPSA) is 127 Å². The van der Waals surface area contributed by atoms with Crippen molar-refractivity contribution in [3.05, 3.63) is 18.2 Å². The first-order valence-electron chi connectivity index (χ1n) is 6.75. The highest BCUT2D eigenvalue weighted by atomic mass is 32.2. The van der Waals surface area contributed by atoms with Crippen LogP contribution in [0.3, 0.4) is 0 Å². The van der Waals surface area contributed by atoms with Crippen molar-refractivity contribution in [1.29, 1.82) is 0 Å². The number of rotatable bonds is 4. The highest BCUT2D eigenvalue weighted by molar-refractivity contribution is 7.86. The summed E-state index contributed by atoms with van der Waals surface area (Å²) in [6.07, 6.45) is 1.02. The number of anilines is 1. The minimum Gasteiger partial charge on any atom is -0.481 e. The Morgan fingerprint density at radius 2 is 2.09 bits per heavy atom. The van der Waals surface area contributed by atoms with Crippen LogP contribution >= 0.6 is 0 Å².